The first-order valence-electron chi connectivity index (χ1n) is 13.8. The lowest BCUT2D eigenvalue weighted by Crippen LogP contribution is -2.47. The van der Waals surface area contributed by atoms with E-state index in [1.165, 1.54) is 21.6 Å². The molecule has 1 saturated carbocycles. The van der Waals surface area contributed by atoms with Crippen LogP contribution in [0.1, 0.15) is 76.5 Å². The van der Waals surface area contributed by atoms with Crippen molar-refractivity contribution in [2.45, 2.75) is 77.1 Å². The molecule has 1 unspecified atom stereocenters. The molecule has 6 rings (SSSR count). The Morgan fingerprint density at radius 3 is 2.57 bits per heavy atom. The van der Waals surface area contributed by atoms with Crippen molar-refractivity contribution in [2.75, 3.05) is 26.2 Å². The predicted molar refractivity (Wildman–Crippen MR) is 137 cm³/mol. The topological polar surface area (TPSA) is 78.7 Å². The molecule has 5 atom stereocenters. The third-order valence-electron chi connectivity index (χ3n) is 9.64. The maximum atomic E-state index is 14.2. The highest BCUT2D eigenvalue weighted by Crippen LogP contribution is 2.62. The molecule has 7 nitrogen and oxygen atoms in total. The number of rotatable bonds is 4. The number of nitrogens with zero attached hydrogens (tertiary/aromatic N) is 4. The SMILES string of the molecule is Cc1cccc(C2CCN(C(=O)Cn3nc(C(=O)N4CC[C@H](O)[C@@H](F)C4)c4c3C[C@H]3C(C)[C@@H]43)CC2)c1C. The van der Waals surface area contributed by atoms with Crippen LogP contribution in [0, 0.1) is 25.7 Å². The van der Waals surface area contributed by atoms with Gasteiger partial charge in [-0.1, -0.05) is 25.1 Å². The maximum Gasteiger partial charge on any atom is 0.274 e. The molecule has 0 bridgehead atoms. The number of amides is 2. The monoisotopic (exact) mass is 508 g/mol. The standard InChI is InChI=1S/C29H37FN4O3/c1-16-5-4-6-20(17(16)2)19-7-10-32(11-8-19)25(36)15-34-23-13-21-18(3)26(21)27(23)28(31-34)29(37)33-12-9-24(35)22(30)14-33/h4-6,18-19,21-22,24,26,35H,7-15H2,1-3H3/t18?,21-,22-,24-,26+/m0/s1. The van der Waals surface area contributed by atoms with Crippen LogP contribution in [-0.4, -0.2) is 75.0 Å². The summed E-state index contributed by atoms with van der Waals surface area (Å²) in [5.74, 6) is 1.56. The smallest absolute Gasteiger partial charge is 0.274 e. The second-order valence-corrected chi connectivity index (χ2v) is 11.7. The van der Waals surface area contributed by atoms with E-state index in [1.54, 1.807) is 4.68 Å². The number of carbonyl (C=O) groups excluding carboxylic acids is 2. The lowest BCUT2D eigenvalue weighted by molar-refractivity contribution is -0.133. The number of piperidine rings is 2. The van der Waals surface area contributed by atoms with Gasteiger partial charge in [0, 0.05) is 30.9 Å². The quantitative estimate of drug-likeness (QED) is 0.687. The fourth-order valence-electron chi connectivity index (χ4n) is 7.03. The van der Waals surface area contributed by atoms with E-state index in [2.05, 4.69) is 44.1 Å². The number of hydrogen-bond acceptors (Lipinski definition) is 4. The number of halogens is 1. The Hall–Kier alpha value is -2.74. The largest absolute Gasteiger partial charge is 0.390 e. The van der Waals surface area contributed by atoms with Crippen molar-refractivity contribution in [3.8, 4) is 0 Å². The van der Waals surface area contributed by atoms with Crippen LogP contribution in [0.4, 0.5) is 4.39 Å². The zero-order valence-corrected chi connectivity index (χ0v) is 22.0. The van der Waals surface area contributed by atoms with Gasteiger partial charge in [0.1, 0.15) is 12.7 Å². The third kappa shape index (κ3) is 4.17. The van der Waals surface area contributed by atoms with Crippen molar-refractivity contribution in [1.82, 2.24) is 19.6 Å². The minimum atomic E-state index is -1.44. The van der Waals surface area contributed by atoms with Crippen molar-refractivity contribution in [2.24, 2.45) is 11.8 Å². The molecule has 1 aromatic heterocycles. The molecule has 2 aromatic rings. The number of hydrogen-bond donors (Lipinski definition) is 1. The summed E-state index contributed by atoms with van der Waals surface area (Å²) in [6, 6.07) is 6.49. The number of likely N-dealkylation sites (tertiary alicyclic amines) is 2. The van der Waals surface area contributed by atoms with E-state index in [1.807, 2.05) is 4.90 Å². The van der Waals surface area contributed by atoms with E-state index in [-0.39, 0.29) is 31.3 Å². The van der Waals surface area contributed by atoms with Gasteiger partial charge in [-0.3, -0.25) is 14.3 Å². The fourth-order valence-corrected chi connectivity index (χ4v) is 7.03. The maximum absolute atomic E-state index is 14.2. The van der Waals surface area contributed by atoms with E-state index < -0.39 is 12.3 Å². The molecular weight excluding hydrogens is 471 g/mol. The van der Waals surface area contributed by atoms with Crippen LogP contribution < -0.4 is 0 Å². The molecule has 2 saturated heterocycles. The first-order chi connectivity index (χ1) is 17.7. The summed E-state index contributed by atoms with van der Waals surface area (Å²) in [7, 11) is 0. The summed E-state index contributed by atoms with van der Waals surface area (Å²) >= 11 is 0. The summed E-state index contributed by atoms with van der Waals surface area (Å²) < 4.78 is 15.9. The number of aliphatic hydroxyl groups is 1. The molecule has 0 radical (unpaired) electrons. The van der Waals surface area contributed by atoms with Gasteiger partial charge in [0.05, 0.1) is 12.6 Å². The highest BCUT2D eigenvalue weighted by Gasteiger charge is 2.56. The van der Waals surface area contributed by atoms with Crippen LogP contribution in [0.25, 0.3) is 0 Å². The number of aliphatic hydroxyl groups excluding tert-OH is 1. The number of aryl methyl sites for hydroxylation is 1. The second kappa shape index (κ2) is 9.22. The highest BCUT2D eigenvalue weighted by atomic mass is 19.1. The molecule has 0 spiro atoms. The van der Waals surface area contributed by atoms with Gasteiger partial charge < -0.3 is 14.9 Å². The van der Waals surface area contributed by atoms with Crippen molar-refractivity contribution in [1.29, 1.82) is 0 Å². The molecule has 3 heterocycles. The normalized spacial score (nSPS) is 29.3. The molecule has 1 N–H and O–H groups in total. The van der Waals surface area contributed by atoms with Crippen molar-refractivity contribution in [3.63, 3.8) is 0 Å². The Kier molecular flexibility index (Phi) is 6.13. The van der Waals surface area contributed by atoms with E-state index >= 15 is 0 Å². The van der Waals surface area contributed by atoms with E-state index in [4.69, 9.17) is 0 Å². The van der Waals surface area contributed by atoms with Gasteiger partial charge in [-0.05, 0) is 79.9 Å². The summed E-state index contributed by atoms with van der Waals surface area (Å²) in [4.78, 5) is 30.2. The Bertz CT molecular complexity index is 1230. The molecule has 2 amide bonds. The Labute approximate surface area is 217 Å². The van der Waals surface area contributed by atoms with Crippen LogP contribution in [0.5, 0.6) is 0 Å². The fraction of sp³-hybridized carbons (Fsp3) is 0.621. The molecule has 198 valence electrons. The molecule has 4 aliphatic rings. The van der Waals surface area contributed by atoms with Crippen LogP contribution in [0.3, 0.4) is 0 Å². The van der Waals surface area contributed by atoms with Crippen molar-refractivity contribution >= 4 is 11.8 Å². The van der Waals surface area contributed by atoms with Crippen molar-refractivity contribution in [3.05, 3.63) is 51.8 Å². The molecule has 3 fully saturated rings. The second-order valence-electron chi connectivity index (χ2n) is 11.7. The summed E-state index contributed by atoms with van der Waals surface area (Å²) in [5.41, 5.74) is 6.43. The first-order valence-corrected chi connectivity index (χ1v) is 13.8. The lowest BCUT2D eigenvalue weighted by atomic mass is 9.85. The molecule has 2 aliphatic heterocycles. The first kappa shape index (κ1) is 24.6. The number of aromatic nitrogens is 2. The summed E-state index contributed by atoms with van der Waals surface area (Å²) in [6.07, 6.45) is 0.515. The van der Waals surface area contributed by atoms with Gasteiger partial charge in [-0.15, -0.1) is 0 Å². The summed E-state index contributed by atoms with van der Waals surface area (Å²) in [6.45, 7) is 8.33. The molecule has 8 heteroatoms. The van der Waals surface area contributed by atoms with Gasteiger partial charge in [0.2, 0.25) is 5.91 Å². The van der Waals surface area contributed by atoms with E-state index in [0.29, 0.717) is 35.9 Å². The van der Waals surface area contributed by atoms with Crippen LogP contribution in [0.2, 0.25) is 0 Å². The van der Waals surface area contributed by atoms with Crippen molar-refractivity contribution < 1.29 is 19.1 Å². The highest BCUT2D eigenvalue weighted by molar-refractivity contribution is 5.95. The zero-order chi connectivity index (χ0) is 26.0. The molecule has 1 aromatic carbocycles. The number of carbonyl (C=O) groups is 2. The predicted octanol–water partition coefficient (Wildman–Crippen LogP) is 3.36. The zero-order valence-electron chi connectivity index (χ0n) is 22.0. The number of fused-ring (bicyclic) bond motifs is 3. The van der Waals surface area contributed by atoms with Crippen LogP contribution in [0.15, 0.2) is 18.2 Å². The number of benzene rings is 1. The molecule has 2 aliphatic carbocycles. The molecular formula is C29H37FN4O3. The minimum Gasteiger partial charge on any atom is -0.390 e. The van der Waals surface area contributed by atoms with Gasteiger partial charge in [0.25, 0.3) is 5.91 Å². The van der Waals surface area contributed by atoms with Crippen LogP contribution in [-0.2, 0) is 17.8 Å². The average molecular weight is 509 g/mol. The Morgan fingerprint density at radius 2 is 1.84 bits per heavy atom. The van der Waals surface area contributed by atoms with E-state index in [0.717, 1.165) is 43.6 Å². The molecule has 37 heavy (non-hydrogen) atoms. The van der Waals surface area contributed by atoms with Gasteiger partial charge in [0.15, 0.2) is 5.69 Å². The Morgan fingerprint density at radius 1 is 1.11 bits per heavy atom. The minimum absolute atomic E-state index is 0.0438. The van der Waals surface area contributed by atoms with Gasteiger partial charge in [-0.2, -0.15) is 5.10 Å². The van der Waals surface area contributed by atoms with Crippen LogP contribution >= 0.6 is 0 Å². The summed E-state index contributed by atoms with van der Waals surface area (Å²) in [5, 5.41) is 14.4. The van der Waals surface area contributed by atoms with Gasteiger partial charge in [-0.25, -0.2) is 4.39 Å². The average Bonchev–Trinajstić information content (AvgIpc) is 3.20. The lowest BCUT2D eigenvalue weighted by Gasteiger charge is -2.33. The third-order valence-corrected chi connectivity index (χ3v) is 9.64. The number of alkyl halides is 1. The van der Waals surface area contributed by atoms with E-state index in [9.17, 15) is 19.1 Å². The van der Waals surface area contributed by atoms with Gasteiger partial charge >= 0.3 is 0 Å². The Balaban J connectivity index is 1.16.